The van der Waals surface area contributed by atoms with Crippen LogP contribution in [0.2, 0.25) is 0 Å². The number of nitrogens with one attached hydrogen (secondary N) is 2. The Kier molecular flexibility index (Phi) is 23.1. The quantitative estimate of drug-likeness (QED) is 0.0322. The van der Waals surface area contributed by atoms with Crippen LogP contribution in [-0.4, -0.2) is 127 Å². The molecule has 4 amide bonds. The van der Waals surface area contributed by atoms with E-state index in [1.54, 1.807) is 13.0 Å². The first kappa shape index (κ1) is 48.4. The van der Waals surface area contributed by atoms with Gasteiger partial charge in [-0.2, -0.15) is 8.42 Å². The maximum Gasteiger partial charge on any atom is 0.333 e. The molecule has 1 saturated heterocycles. The SMILES string of the molecule is C/C=C\C(=O)N(C=O)CCCCCC(=O)NC(CS(=O)(=O)O)C(=O)NCCOCCOc1cc(OC2CC(O)CC(C(=O)O)O2)ccc1COC(C)=O.CC. The largest absolute Gasteiger partial charge is 0.491 e. The molecular weight excluding hydrogens is 750 g/mol. The number of carboxylic acids is 1. The number of amides is 4. The number of rotatable bonds is 24. The van der Waals surface area contributed by atoms with Gasteiger partial charge in [0.2, 0.25) is 24.5 Å². The number of allylic oxidation sites excluding steroid dienone is 1. The minimum atomic E-state index is -4.65. The number of aliphatic hydroxyl groups excluding tert-OH is 1. The van der Waals surface area contributed by atoms with Gasteiger partial charge in [-0.15, -0.1) is 0 Å². The number of carbonyl (C=O) groups is 6. The number of esters is 1. The summed E-state index contributed by atoms with van der Waals surface area (Å²) in [5, 5.41) is 24.0. The van der Waals surface area contributed by atoms with Gasteiger partial charge in [-0.25, -0.2) is 4.79 Å². The van der Waals surface area contributed by atoms with E-state index in [9.17, 15) is 52.0 Å². The number of imide groups is 1. The first-order valence-corrected chi connectivity index (χ1v) is 19.3. The smallest absolute Gasteiger partial charge is 0.333 e. The number of hydrogen-bond donors (Lipinski definition) is 5. The summed E-state index contributed by atoms with van der Waals surface area (Å²) in [5.41, 5.74) is 0.473. The molecule has 55 heavy (non-hydrogen) atoms. The van der Waals surface area contributed by atoms with Gasteiger partial charge in [0.1, 0.15) is 36.5 Å². The summed E-state index contributed by atoms with van der Waals surface area (Å²) in [7, 11) is -4.65. The van der Waals surface area contributed by atoms with E-state index in [1.807, 2.05) is 13.8 Å². The third-order valence-electron chi connectivity index (χ3n) is 7.36. The molecule has 19 nitrogen and oxygen atoms in total. The molecule has 20 heteroatoms. The second-order valence-electron chi connectivity index (χ2n) is 11.8. The lowest BCUT2D eigenvalue weighted by Gasteiger charge is -2.31. The second-order valence-corrected chi connectivity index (χ2v) is 13.3. The summed E-state index contributed by atoms with van der Waals surface area (Å²) in [5.74, 6) is -4.34. The summed E-state index contributed by atoms with van der Waals surface area (Å²) in [6, 6.07) is 2.98. The maximum atomic E-state index is 12.7. The predicted molar refractivity (Wildman–Crippen MR) is 194 cm³/mol. The Balaban J connectivity index is 0.00000743. The molecule has 310 valence electrons. The van der Waals surface area contributed by atoms with Crippen molar-refractivity contribution in [2.75, 3.05) is 38.7 Å². The van der Waals surface area contributed by atoms with E-state index in [2.05, 4.69) is 10.6 Å². The molecule has 1 aromatic rings. The van der Waals surface area contributed by atoms with Gasteiger partial charge < -0.3 is 44.5 Å². The standard InChI is InChI=1S/C33H47N3O16S.C2H6/c1-3-7-30(41)36(21-37)12-6-4-5-8-29(40)35-26(20-53(45,46)47)32(42)34-11-13-48-14-15-49-27-18-25(10-9-23(27)19-50-22(2)38)51-31-17-24(39)16-28(52-31)33(43)44;1-2/h3,7,9-10,18,21,24,26,28,31,39H,4-6,8,11-17,19-20H2,1-2H3,(H,34,42)(H,35,40)(H,43,44)(H,45,46,47);1-2H3/b7-3-;. The van der Waals surface area contributed by atoms with Crippen molar-refractivity contribution >= 4 is 46.2 Å². The lowest BCUT2D eigenvalue weighted by Crippen LogP contribution is -2.50. The third-order valence-corrected chi connectivity index (χ3v) is 8.12. The van der Waals surface area contributed by atoms with Gasteiger partial charge in [-0.1, -0.05) is 26.3 Å². The summed E-state index contributed by atoms with van der Waals surface area (Å²) in [6.07, 6.45) is 1.01. The molecule has 2 rings (SSSR count). The molecule has 1 aromatic carbocycles. The number of aliphatic hydroxyl groups is 1. The summed E-state index contributed by atoms with van der Waals surface area (Å²) >= 11 is 0. The van der Waals surface area contributed by atoms with Crippen molar-refractivity contribution in [3.63, 3.8) is 0 Å². The van der Waals surface area contributed by atoms with Gasteiger partial charge in [0.15, 0.2) is 6.10 Å². The minimum Gasteiger partial charge on any atom is -0.491 e. The van der Waals surface area contributed by atoms with E-state index in [0.717, 1.165) is 4.90 Å². The molecule has 1 fully saturated rings. The topological polar surface area (TPSA) is 271 Å². The summed E-state index contributed by atoms with van der Waals surface area (Å²) in [6.45, 7) is 6.73. The third kappa shape index (κ3) is 20.6. The van der Waals surface area contributed by atoms with E-state index < -0.39 is 70.1 Å². The molecule has 1 heterocycles. The number of carbonyl (C=O) groups excluding carboxylic acids is 5. The van der Waals surface area contributed by atoms with Crippen LogP contribution in [0.15, 0.2) is 30.4 Å². The lowest BCUT2D eigenvalue weighted by atomic mass is 10.1. The zero-order valence-corrected chi connectivity index (χ0v) is 32.3. The highest BCUT2D eigenvalue weighted by Crippen LogP contribution is 2.29. The predicted octanol–water partition coefficient (Wildman–Crippen LogP) is 1.11. The Bertz CT molecular complexity index is 1540. The first-order valence-electron chi connectivity index (χ1n) is 17.7. The van der Waals surface area contributed by atoms with E-state index in [1.165, 1.54) is 31.2 Å². The highest BCUT2D eigenvalue weighted by molar-refractivity contribution is 7.85. The summed E-state index contributed by atoms with van der Waals surface area (Å²) in [4.78, 5) is 71.6. The second kappa shape index (κ2) is 26.2. The van der Waals surface area contributed by atoms with Crippen LogP contribution in [-0.2, 0) is 59.7 Å². The molecule has 0 bridgehead atoms. The molecular formula is C35H53N3O16S. The number of carboxylic acid groups (broad SMARTS) is 1. The van der Waals surface area contributed by atoms with Crippen LogP contribution in [0.5, 0.6) is 11.5 Å². The van der Waals surface area contributed by atoms with Crippen LogP contribution >= 0.6 is 0 Å². The highest BCUT2D eigenvalue weighted by atomic mass is 32.2. The van der Waals surface area contributed by atoms with E-state index in [0.29, 0.717) is 31.2 Å². The molecule has 0 aliphatic carbocycles. The molecule has 0 aromatic heterocycles. The number of aliphatic carboxylic acids is 1. The molecule has 1 aliphatic heterocycles. The minimum absolute atomic E-state index is 0.00539. The Labute approximate surface area is 320 Å². The van der Waals surface area contributed by atoms with E-state index in [4.69, 9.17) is 23.7 Å². The van der Waals surface area contributed by atoms with Crippen LogP contribution in [0.4, 0.5) is 0 Å². The number of hydrogen-bond acceptors (Lipinski definition) is 14. The molecule has 4 unspecified atom stereocenters. The van der Waals surface area contributed by atoms with Crippen LogP contribution in [0.1, 0.15) is 71.8 Å². The Morgan fingerprint density at radius 2 is 1.80 bits per heavy atom. The van der Waals surface area contributed by atoms with Gasteiger partial charge in [-0.3, -0.25) is 33.4 Å². The molecule has 0 radical (unpaired) electrons. The Morgan fingerprint density at radius 3 is 2.44 bits per heavy atom. The van der Waals surface area contributed by atoms with Gasteiger partial charge in [-0.05, 0) is 38.0 Å². The van der Waals surface area contributed by atoms with Crippen molar-refractivity contribution in [2.45, 2.75) is 97.4 Å². The lowest BCUT2D eigenvalue weighted by molar-refractivity contribution is -0.195. The van der Waals surface area contributed by atoms with Gasteiger partial charge in [0, 0.05) is 50.9 Å². The van der Waals surface area contributed by atoms with Crippen molar-refractivity contribution in [1.29, 1.82) is 0 Å². The van der Waals surface area contributed by atoms with Crippen LogP contribution in [0.25, 0.3) is 0 Å². The van der Waals surface area contributed by atoms with Gasteiger partial charge >= 0.3 is 11.9 Å². The maximum absolute atomic E-state index is 12.7. The molecule has 1 aliphatic rings. The average molecular weight is 804 g/mol. The Morgan fingerprint density at radius 1 is 1.07 bits per heavy atom. The van der Waals surface area contributed by atoms with Crippen molar-refractivity contribution in [3.8, 4) is 11.5 Å². The molecule has 0 saturated carbocycles. The van der Waals surface area contributed by atoms with Crippen LogP contribution in [0, 0.1) is 0 Å². The van der Waals surface area contributed by atoms with Crippen LogP contribution in [0.3, 0.4) is 0 Å². The zero-order chi connectivity index (χ0) is 41.4. The van der Waals surface area contributed by atoms with Crippen molar-refractivity contribution in [3.05, 3.63) is 35.9 Å². The average Bonchev–Trinajstić information content (AvgIpc) is 3.12. The summed E-state index contributed by atoms with van der Waals surface area (Å²) < 4.78 is 59.8. The Hall–Kier alpha value is -4.63. The van der Waals surface area contributed by atoms with Gasteiger partial charge in [0.25, 0.3) is 16.0 Å². The van der Waals surface area contributed by atoms with E-state index in [-0.39, 0.29) is 70.3 Å². The molecule has 4 atom stereocenters. The number of benzene rings is 1. The number of ether oxygens (including phenoxy) is 5. The molecule has 5 N–H and O–H groups in total. The van der Waals surface area contributed by atoms with Crippen molar-refractivity contribution in [1.82, 2.24) is 15.5 Å². The van der Waals surface area contributed by atoms with E-state index >= 15 is 0 Å². The normalized spacial score (nSPS) is 17.2. The van der Waals surface area contributed by atoms with Crippen LogP contribution < -0.4 is 20.1 Å². The fourth-order valence-electron chi connectivity index (χ4n) is 4.83. The fourth-order valence-corrected chi connectivity index (χ4v) is 5.48. The number of unbranched alkanes of at least 4 members (excludes halogenated alkanes) is 2. The fraction of sp³-hybridized carbons (Fsp3) is 0.600. The highest BCUT2D eigenvalue weighted by Gasteiger charge is 2.34. The molecule has 0 spiro atoms. The van der Waals surface area contributed by atoms with Gasteiger partial charge in [0.05, 0.1) is 19.3 Å². The van der Waals surface area contributed by atoms with Crippen molar-refractivity contribution in [2.24, 2.45) is 0 Å². The van der Waals surface area contributed by atoms with Crippen molar-refractivity contribution < 1.29 is 75.6 Å². The number of nitrogens with zero attached hydrogens (tertiary/aromatic N) is 1. The zero-order valence-electron chi connectivity index (χ0n) is 31.5. The monoisotopic (exact) mass is 803 g/mol. The first-order chi connectivity index (χ1) is 26.1.